The molecule has 2 aliphatic rings. The summed E-state index contributed by atoms with van der Waals surface area (Å²) in [6, 6.07) is 3.36. The van der Waals surface area contributed by atoms with Crippen LogP contribution in [-0.2, 0) is 17.9 Å². The molecular weight excluding hydrogens is 480 g/mol. The van der Waals surface area contributed by atoms with Gasteiger partial charge in [0.05, 0.1) is 5.69 Å². The van der Waals surface area contributed by atoms with Gasteiger partial charge in [-0.3, -0.25) is 4.90 Å². The second-order valence-corrected chi connectivity index (χ2v) is 8.55. The first-order chi connectivity index (χ1) is 16.5. The van der Waals surface area contributed by atoms with Crippen molar-refractivity contribution in [2.75, 3.05) is 0 Å². The first kappa shape index (κ1) is 24.9. The molecule has 0 saturated heterocycles. The summed E-state index contributed by atoms with van der Waals surface area (Å²) in [4.78, 5) is 15.7. The van der Waals surface area contributed by atoms with Crippen LogP contribution in [-0.4, -0.2) is 48.8 Å². The molecule has 13 heteroatoms. The number of halogens is 6. The van der Waals surface area contributed by atoms with Crippen LogP contribution in [0.3, 0.4) is 0 Å². The van der Waals surface area contributed by atoms with Gasteiger partial charge in [0.25, 0.3) is 0 Å². The van der Waals surface area contributed by atoms with Gasteiger partial charge in [-0.1, -0.05) is 0 Å². The fourth-order valence-electron chi connectivity index (χ4n) is 4.70. The second-order valence-electron chi connectivity index (χ2n) is 8.55. The van der Waals surface area contributed by atoms with Gasteiger partial charge in [0.15, 0.2) is 17.3 Å². The van der Waals surface area contributed by atoms with E-state index < -0.39 is 29.6 Å². The Morgan fingerprint density at radius 2 is 1.77 bits per heavy atom. The number of aromatic nitrogens is 3. The molecule has 0 spiro atoms. The highest BCUT2D eigenvalue weighted by Crippen LogP contribution is 2.38. The predicted molar refractivity (Wildman–Crippen MR) is 111 cm³/mol. The third-order valence-electron chi connectivity index (χ3n) is 6.36. The Labute approximate surface area is 195 Å². The van der Waals surface area contributed by atoms with Gasteiger partial charge in [0.1, 0.15) is 5.82 Å². The number of nitrogens with two attached hydrogens (primary N) is 1. The fraction of sp³-hybridized carbons (Fsp3) is 0.409. The summed E-state index contributed by atoms with van der Waals surface area (Å²) in [6.45, 7) is 1.50. The number of carboxylic acids is 1. The highest BCUT2D eigenvalue weighted by atomic mass is 19.4. The lowest BCUT2D eigenvalue weighted by Gasteiger charge is -2.38. The van der Waals surface area contributed by atoms with E-state index in [0.29, 0.717) is 18.9 Å². The predicted octanol–water partition coefficient (Wildman–Crippen LogP) is 3.76. The molecule has 1 fully saturated rings. The molecule has 3 heterocycles. The minimum Gasteiger partial charge on any atom is -0.475 e. The molecule has 7 nitrogen and oxygen atoms in total. The van der Waals surface area contributed by atoms with Gasteiger partial charge in [-0.15, -0.1) is 0 Å². The van der Waals surface area contributed by atoms with E-state index in [4.69, 9.17) is 15.6 Å². The van der Waals surface area contributed by atoms with Crippen LogP contribution in [0.25, 0.3) is 5.65 Å². The number of benzene rings is 1. The molecule has 1 aromatic carbocycles. The number of carboxylic acid groups (broad SMARTS) is 1. The van der Waals surface area contributed by atoms with Gasteiger partial charge in [0, 0.05) is 55.1 Å². The molecule has 3 aromatic rings. The molecule has 2 aromatic heterocycles. The summed E-state index contributed by atoms with van der Waals surface area (Å²) >= 11 is 0. The number of fused-ring (bicyclic) bond motifs is 3. The quantitative estimate of drug-likeness (QED) is 0.410. The Hall–Kier alpha value is -3.19. The maximum Gasteiger partial charge on any atom is 0.490 e. The first-order valence-electron chi connectivity index (χ1n) is 10.7. The minimum atomic E-state index is -5.08. The van der Waals surface area contributed by atoms with E-state index in [0.717, 1.165) is 42.5 Å². The highest BCUT2D eigenvalue weighted by molar-refractivity contribution is 5.73. The van der Waals surface area contributed by atoms with Crippen molar-refractivity contribution in [3.05, 3.63) is 64.9 Å². The van der Waals surface area contributed by atoms with Crippen molar-refractivity contribution in [2.45, 2.75) is 56.5 Å². The van der Waals surface area contributed by atoms with Crippen LogP contribution >= 0.6 is 0 Å². The second kappa shape index (κ2) is 9.46. The molecule has 35 heavy (non-hydrogen) atoms. The number of aliphatic carboxylic acids is 1. The Kier molecular flexibility index (Phi) is 6.73. The van der Waals surface area contributed by atoms with Crippen molar-refractivity contribution in [2.24, 2.45) is 5.73 Å². The van der Waals surface area contributed by atoms with E-state index in [2.05, 4.69) is 15.0 Å². The van der Waals surface area contributed by atoms with Crippen molar-refractivity contribution in [1.82, 2.24) is 19.5 Å². The molecule has 3 atom stereocenters. The molecule has 1 aliphatic carbocycles. The van der Waals surface area contributed by atoms with E-state index in [-0.39, 0.29) is 23.6 Å². The number of hydrogen-bond donors (Lipinski definition) is 2. The Balaban J connectivity index is 0.000000364. The van der Waals surface area contributed by atoms with Crippen molar-refractivity contribution in [1.29, 1.82) is 0 Å². The van der Waals surface area contributed by atoms with E-state index >= 15 is 0 Å². The SMILES string of the molecule is N[C@H]1C[C@@H](N2Cc3nn4cccnc4c3C2)CC[C@@H]1c1cc(F)c(F)cc1F.O=C(O)C(F)(F)F. The molecular formula is C22H21F6N5O2. The number of alkyl halides is 3. The summed E-state index contributed by atoms with van der Waals surface area (Å²) in [5.41, 5.74) is 9.58. The molecule has 1 saturated carbocycles. The normalized spacial score (nSPS) is 22.5. The maximum absolute atomic E-state index is 14.2. The van der Waals surface area contributed by atoms with Crippen molar-refractivity contribution in [3.8, 4) is 0 Å². The summed E-state index contributed by atoms with van der Waals surface area (Å²) in [6.07, 6.45) is 0.696. The van der Waals surface area contributed by atoms with Crippen molar-refractivity contribution in [3.63, 3.8) is 0 Å². The van der Waals surface area contributed by atoms with E-state index in [1.54, 1.807) is 10.7 Å². The van der Waals surface area contributed by atoms with Crippen LogP contribution in [0.15, 0.2) is 30.6 Å². The topological polar surface area (TPSA) is 96.8 Å². The number of carbonyl (C=O) groups is 1. The van der Waals surface area contributed by atoms with E-state index in [9.17, 15) is 26.3 Å². The monoisotopic (exact) mass is 501 g/mol. The molecule has 1 aliphatic heterocycles. The maximum atomic E-state index is 14.2. The van der Waals surface area contributed by atoms with Crippen molar-refractivity contribution < 1.29 is 36.2 Å². The number of hydrogen-bond acceptors (Lipinski definition) is 5. The third kappa shape index (κ3) is 5.10. The zero-order chi connectivity index (χ0) is 25.5. The van der Waals surface area contributed by atoms with Crippen LogP contribution in [0.2, 0.25) is 0 Å². The summed E-state index contributed by atoms with van der Waals surface area (Å²) in [5.74, 6) is -5.99. The van der Waals surface area contributed by atoms with E-state index in [1.807, 2.05) is 12.3 Å². The highest BCUT2D eigenvalue weighted by Gasteiger charge is 2.38. The van der Waals surface area contributed by atoms with Crippen LogP contribution in [0, 0.1) is 17.5 Å². The fourth-order valence-corrected chi connectivity index (χ4v) is 4.70. The summed E-state index contributed by atoms with van der Waals surface area (Å²) < 4.78 is 74.6. The molecule has 0 amide bonds. The van der Waals surface area contributed by atoms with Gasteiger partial charge in [-0.05, 0) is 37.0 Å². The molecule has 188 valence electrons. The summed E-state index contributed by atoms with van der Waals surface area (Å²) in [5, 5.41) is 11.7. The lowest BCUT2D eigenvalue weighted by molar-refractivity contribution is -0.192. The number of rotatable bonds is 2. The van der Waals surface area contributed by atoms with Gasteiger partial charge in [-0.25, -0.2) is 27.5 Å². The van der Waals surface area contributed by atoms with Gasteiger partial charge < -0.3 is 10.8 Å². The first-order valence-corrected chi connectivity index (χ1v) is 10.7. The molecule has 5 rings (SSSR count). The van der Waals surface area contributed by atoms with Gasteiger partial charge in [0.2, 0.25) is 0 Å². The Bertz CT molecular complexity index is 1250. The molecule has 0 bridgehead atoms. The van der Waals surface area contributed by atoms with Crippen LogP contribution < -0.4 is 5.73 Å². The zero-order valence-electron chi connectivity index (χ0n) is 18.1. The van der Waals surface area contributed by atoms with Gasteiger partial charge >= 0.3 is 12.1 Å². The molecule has 3 N–H and O–H groups in total. The largest absolute Gasteiger partial charge is 0.490 e. The Morgan fingerprint density at radius 3 is 2.43 bits per heavy atom. The lowest BCUT2D eigenvalue weighted by atomic mass is 9.77. The van der Waals surface area contributed by atoms with E-state index in [1.165, 1.54) is 0 Å². The third-order valence-corrected chi connectivity index (χ3v) is 6.36. The average molecular weight is 501 g/mol. The molecule has 0 radical (unpaired) electrons. The lowest BCUT2D eigenvalue weighted by Crippen LogP contribution is -2.44. The molecule has 0 unspecified atom stereocenters. The van der Waals surface area contributed by atoms with Crippen molar-refractivity contribution >= 4 is 11.6 Å². The average Bonchev–Trinajstić information content (AvgIpc) is 3.34. The zero-order valence-corrected chi connectivity index (χ0v) is 18.1. The van der Waals surface area contributed by atoms with Crippen LogP contribution in [0.4, 0.5) is 26.3 Å². The standard InChI is InChI=1S/C20H20F3N5.C2HF3O2/c21-15-8-17(23)16(22)7-13(15)12-3-2-11(6-18(12)24)27-9-14-19(10-27)26-28-5-1-4-25-20(14)28;3-2(4,5)1(6)7/h1,4-5,7-8,11-12,18H,2-3,6,9-10,24H2;(H,6,7)/t11-,12+,18-;/m0./s1. The summed E-state index contributed by atoms with van der Waals surface area (Å²) in [7, 11) is 0. The minimum absolute atomic E-state index is 0.177. The van der Waals surface area contributed by atoms with Gasteiger partial charge in [-0.2, -0.15) is 18.3 Å². The number of nitrogens with zero attached hydrogens (tertiary/aromatic N) is 4. The smallest absolute Gasteiger partial charge is 0.475 e. The van der Waals surface area contributed by atoms with Crippen LogP contribution in [0.1, 0.15) is 42.0 Å². The Morgan fingerprint density at radius 1 is 1.09 bits per heavy atom. The van der Waals surface area contributed by atoms with Crippen LogP contribution in [0.5, 0.6) is 0 Å².